The molecule has 0 aliphatic carbocycles. The van der Waals surface area contributed by atoms with E-state index in [0.717, 1.165) is 35.5 Å². The molecule has 0 fully saturated rings. The minimum Gasteiger partial charge on any atom is -0.496 e. The van der Waals surface area contributed by atoms with E-state index in [-0.39, 0.29) is 5.91 Å². The van der Waals surface area contributed by atoms with Crippen LogP contribution in [-0.2, 0) is 11.2 Å². The Balaban J connectivity index is 1.77. The van der Waals surface area contributed by atoms with Gasteiger partial charge in [0.2, 0.25) is 0 Å². The summed E-state index contributed by atoms with van der Waals surface area (Å²) >= 11 is 0. The number of para-hydroxylation sites is 1. The first kappa shape index (κ1) is 18.8. The highest BCUT2D eigenvalue weighted by Crippen LogP contribution is 2.20. The minimum atomic E-state index is -0.521. The standard InChI is InChI=1S/C21H27NO3/c1-15-11-12-19(16(2)14-15)25-17(3)21(23)22-13-7-9-18-8-5-6-10-20(18)24-4/h5-6,8,10-12,14,17H,7,9,13H2,1-4H3,(H,22,23)/t17-/m0/s1. The summed E-state index contributed by atoms with van der Waals surface area (Å²) in [5.41, 5.74) is 3.37. The lowest BCUT2D eigenvalue weighted by Gasteiger charge is -2.16. The number of hydrogen-bond acceptors (Lipinski definition) is 3. The largest absolute Gasteiger partial charge is 0.496 e. The first-order chi connectivity index (χ1) is 12.0. The molecule has 2 aromatic rings. The Morgan fingerprint density at radius 2 is 1.88 bits per heavy atom. The molecule has 0 unspecified atom stereocenters. The summed E-state index contributed by atoms with van der Waals surface area (Å²) < 4.78 is 11.1. The van der Waals surface area contributed by atoms with Crippen molar-refractivity contribution >= 4 is 5.91 Å². The van der Waals surface area contributed by atoms with E-state index in [0.29, 0.717) is 6.54 Å². The van der Waals surface area contributed by atoms with Gasteiger partial charge in [0, 0.05) is 6.54 Å². The van der Waals surface area contributed by atoms with E-state index in [1.165, 1.54) is 5.56 Å². The van der Waals surface area contributed by atoms with E-state index in [1.54, 1.807) is 14.0 Å². The summed E-state index contributed by atoms with van der Waals surface area (Å²) in [7, 11) is 1.67. The monoisotopic (exact) mass is 341 g/mol. The molecular weight excluding hydrogens is 314 g/mol. The van der Waals surface area contributed by atoms with Crippen molar-refractivity contribution in [2.24, 2.45) is 0 Å². The van der Waals surface area contributed by atoms with Gasteiger partial charge >= 0.3 is 0 Å². The molecule has 0 saturated heterocycles. The molecule has 0 aliphatic heterocycles. The molecule has 134 valence electrons. The molecule has 0 aromatic heterocycles. The molecule has 0 bridgehead atoms. The van der Waals surface area contributed by atoms with Crippen molar-refractivity contribution in [2.75, 3.05) is 13.7 Å². The fourth-order valence-corrected chi connectivity index (χ4v) is 2.72. The molecule has 0 spiro atoms. The van der Waals surface area contributed by atoms with Crippen LogP contribution in [0.15, 0.2) is 42.5 Å². The Bertz CT molecular complexity index is 712. The maximum absolute atomic E-state index is 12.2. The summed E-state index contributed by atoms with van der Waals surface area (Å²) in [5.74, 6) is 1.54. The zero-order valence-electron chi connectivity index (χ0n) is 15.5. The highest BCUT2D eigenvalue weighted by molar-refractivity contribution is 5.80. The van der Waals surface area contributed by atoms with Crippen LogP contribution in [0, 0.1) is 13.8 Å². The van der Waals surface area contributed by atoms with Gasteiger partial charge in [0.25, 0.3) is 5.91 Å². The Hall–Kier alpha value is -2.49. The topological polar surface area (TPSA) is 47.6 Å². The number of aryl methyl sites for hydroxylation is 3. The second-order valence-corrected chi connectivity index (χ2v) is 6.24. The van der Waals surface area contributed by atoms with Crippen LogP contribution in [0.3, 0.4) is 0 Å². The third-order valence-corrected chi connectivity index (χ3v) is 4.12. The molecule has 0 aliphatic rings. The molecule has 1 N–H and O–H groups in total. The fourth-order valence-electron chi connectivity index (χ4n) is 2.72. The molecular formula is C21H27NO3. The van der Waals surface area contributed by atoms with Crippen molar-refractivity contribution in [3.63, 3.8) is 0 Å². The smallest absolute Gasteiger partial charge is 0.260 e. The molecule has 4 nitrogen and oxygen atoms in total. The van der Waals surface area contributed by atoms with Crippen LogP contribution in [0.4, 0.5) is 0 Å². The first-order valence-electron chi connectivity index (χ1n) is 8.64. The second kappa shape index (κ2) is 9.11. The van der Waals surface area contributed by atoms with Crippen molar-refractivity contribution in [1.82, 2.24) is 5.32 Å². The van der Waals surface area contributed by atoms with Crippen LogP contribution in [0.5, 0.6) is 11.5 Å². The van der Waals surface area contributed by atoms with Gasteiger partial charge < -0.3 is 14.8 Å². The van der Waals surface area contributed by atoms with Gasteiger partial charge in [-0.25, -0.2) is 0 Å². The lowest BCUT2D eigenvalue weighted by molar-refractivity contribution is -0.127. The van der Waals surface area contributed by atoms with Crippen LogP contribution in [0.1, 0.15) is 30.0 Å². The molecule has 2 aromatic carbocycles. The number of rotatable bonds is 8. The van der Waals surface area contributed by atoms with Gasteiger partial charge in [-0.1, -0.05) is 35.9 Å². The molecule has 0 radical (unpaired) electrons. The average Bonchev–Trinajstić information content (AvgIpc) is 2.61. The Morgan fingerprint density at radius 3 is 2.60 bits per heavy atom. The van der Waals surface area contributed by atoms with Crippen molar-refractivity contribution in [1.29, 1.82) is 0 Å². The van der Waals surface area contributed by atoms with E-state index < -0.39 is 6.10 Å². The Kier molecular flexibility index (Phi) is 6.87. The number of carbonyl (C=O) groups is 1. The molecule has 25 heavy (non-hydrogen) atoms. The molecule has 4 heteroatoms. The zero-order valence-corrected chi connectivity index (χ0v) is 15.5. The van der Waals surface area contributed by atoms with Crippen molar-refractivity contribution in [3.05, 3.63) is 59.2 Å². The van der Waals surface area contributed by atoms with Crippen LogP contribution < -0.4 is 14.8 Å². The van der Waals surface area contributed by atoms with Crippen molar-refractivity contribution in [2.45, 2.75) is 39.7 Å². The maximum atomic E-state index is 12.2. The number of hydrogen-bond donors (Lipinski definition) is 1. The third-order valence-electron chi connectivity index (χ3n) is 4.12. The van der Waals surface area contributed by atoms with E-state index in [4.69, 9.17) is 9.47 Å². The van der Waals surface area contributed by atoms with E-state index in [9.17, 15) is 4.79 Å². The number of ether oxygens (including phenoxy) is 2. The van der Waals surface area contributed by atoms with Crippen molar-refractivity contribution in [3.8, 4) is 11.5 Å². The van der Waals surface area contributed by atoms with Crippen LogP contribution in [0.25, 0.3) is 0 Å². The Labute approximate surface area is 150 Å². The highest BCUT2D eigenvalue weighted by atomic mass is 16.5. The maximum Gasteiger partial charge on any atom is 0.260 e. The lowest BCUT2D eigenvalue weighted by atomic mass is 10.1. The van der Waals surface area contributed by atoms with Crippen molar-refractivity contribution < 1.29 is 14.3 Å². The predicted molar refractivity (Wildman–Crippen MR) is 100 cm³/mol. The van der Waals surface area contributed by atoms with Gasteiger partial charge in [-0.2, -0.15) is 0 Å². The van der Waals surface area contributed by atoms with Crippen LogP contribution in [-0.4, -0.2) is 25.7 Å². The highest BCUT2D eigenvalue weighted by Gasteiger charge is 2.15. The molecule has 0 saturated carbocycles. The number of methoxy groups -OCH3 is 1. The lowest BCUT2D eigenvalue weighted by Crippen LogP contribution is -2.37. The van der Waals surface area contributed by atoms with E-state index in [2.05, 4.69) is 5.32 Å². The van der Waals surface area contributed by atoms with Gasteiger partial charge in [-0.05, 0) is 56.9 Å². The molecule has 0 heterocycles. The van der Waals surface area contributed by atoms with Crippen LogP contribution >= 0.6 is 0 Å². The summed E-state index contributed by atoms with van der Waals surface area (Å²) in [4.78, 5) is 12.2. The summed E-state index contributed by atoms with van der Waals surface area (Å²) in [5, 5.41) is 2.94. The summed E-state index contributed by atoms with van der Waals surface area (Å²) in [6.45, 7) is 6.40. The number of nitrogens with one attached hydrogen (secondary N) is 1. The number of amides is 1. The third kappa shape index (κ3) is 5.52. The SMILES string of the molecule is COc1ccccc1CCCNC(=O)[C@H](C)Oc1ccc(C)cc1C. The molecule has 1 atom stereocenters. The van der Waals surface area contributed by atoms with Gasteiger partial charge in [0.1, 0.15) is 11.5 Å². The normalized spacial score (nSPS) is 11.7. The minimum absolute atomic E-state index is 0.0972. The molecule has 2 rings (SSSR count). The van der Waals surface area contributed by atoms with E-state index >= 15 is 0 Å². The predicted octanol–water partition coefficient (Wildman–Crippen LogP) is 3.83. The summed E-state index contributed by atoms with van der Waals surface area (Å²) in [6, 6.07) is 13.9. The quantitative estimate of drug-likeness (QED) is 0.742. The average molecular weight is 341 g/mol. The van der Waals surface area contributed by atoms with Crippen LogP contribution in [0.2, 0.25) is 0 Å². The van der Waals surface area contributed by atoms with Gasteiger partial charge in [-0.3, -0.25) is 4.79 Å². The van der Waals surface area contributed by atoms with E-state index in [1.807, 2.05) is 56.3 Å². The van der Waals surface area contributed by atoms with Gasteiger partial charge in [-0.15, -0.1) is 0 Å². The number of benzene rings is 2. The fraction of sp³-hybridized carbons (Fsp3) is 0.381. The summed E-state index contributed by atoms with van der Waals surface area (Å²) in [6.07, 6.45) is 1.19. The Morgan fingerprint density at radius 1 is 1.12 bits per heavy atom. The second-order valence-electron chi connectivity index (χ2n) is 6.24. The number of carbonyl (C=O) groups excluding carboxylic acids is 1. The zero-order chi connectivity index (χ0) is 18.2. The first-order valence-corrected chi connectivity index (χ1v) is 8.64. The van der Waals surface area contributed by atoms with Gasteiger partial charge in [0.05, 0.1) is 7.11 Å². The molecule has 1 amide bonds. The van der Waals surface area contributed by atoms with Gasteiger partial charge in [0.15, 0.2) is 6.10 Å².